The number of rotatable bonds is 7. The zero-order valence-electron chi connectivity index (χ0n) is 17.1. The monoisotopic (exact) mass is 513 g/mol. The van der Waals surface area contributed by atoms with Crippen LogP contribution in [-0.2, 0) is 16.2 Å². The topological polar surface area (TPSA) is 70.7 Å². The summed E-state index contributed by atoms with van der Waals surface area (Å²) in [5, 5.41) is 0.680. The third kappa shape index (κ3) is 5.60. The van der Waals surface area contributed by atoms with Crippen LogP contribution in [0.4, 0.5) is 11.4 Å². The molecule has 0 bridgehead atoms. The summed E-state index contributed by atoms with van der Waals surface area (Å²) in [7, 11) is 0. The minimum atomic E-state index is -0.428. The van der Waals surface area contributed by atoms with Gasteiger partial charge in [0.15, 0.2) is 0 Å². The van der Waals surface area contributed by atoms with Crippen LogP contribution in [0.3, 0.4) is 0 Å². The van der Waals surface area contributed by atoms with E-state index in [4.69, 9.17) is 16.3 Å². The highest BCUT2D eigenvalue weighted by molar-refractivity contribution is 9.10. The number of benzene rings is 3. The Morgan fingerprint density at radius 1 is 1.09 bits per heavy atom. The normalized spacial score (nSPS) is 15.5. The minimum Gasteiger partial charge on any atom is -0.489 e. The molecule has 1 heterocycles. The summed E-state index contributed by atoms with van der Waals surface area (Å²) >= 11 is 9.29. The minimum absolute atomic E-state index is 0.0648. The molecular weight excluding hydrogens is 494 g/mol. The Hall–Kier alpha value is -3.03. The highest BCUT2D eigenvalue weighted by Gasteiger charge is 2.35. The predicted molar refractivity (Wildman–Crippen MR) is 129 cm³/mol. The number of amides is 2. The molecule has 1 aliphatic rings. The first kappa shape index (κ1) is 22.2. The lowest BCUT2D eigenvalue weighted by molar-refractivity contribution is -0.125. The van der Waals surface area contributed by atoms with Gasteiger partial charge in [-0.25, -0.2) is 0 Å². The number of ether oxygens (including phenoxy) is 1. The highest BCUT2D eigenvalue weighted by atomic mass is 79.9. The Kier molecular flexibility index (Phi) is 6.97. The summed E-state index contributed by atoms with van der Waals surface area (Å²) in [5.74, 6) is -0.0600. The highest BCUT2D eigenvalue weighted by Crippen LogP contribution is 2.26. The number of nitrogens with zero attached hydrogens (tertiary/aromatic N) is 1. The Bertz CT molecular complexity index is 1110. The summed E-state index contributed by atoms with van der Waals surface area (Å²) in [6.45, 7) is 0.751. The molecule has 3 aromatic rings. The van der Waals surface area contributed by atoms with Crippen molar-refractivity contribution < 1.29 is 14.3 Å². The molecule has 2 N–H and O–H groups in total. The molecule has 32 heavy (non-hydrogen) atoms. The average Bonchev–Trinajstić information content (AvgIpc) is 3.19. The number of hydrogen-bond donors (Lipinski definition) is 2. The van der Waals surface area contributed by atoms with Crippen molar-refractivity contribution in [3.8, 4) is 5.75 Å². The van der Waals surface area contributed by atoms with Crippen molar-refractivity contribution >= 4 is 50.7 Å². The van der Waals surface area contributed by atoms with Gasteiger partial charge in [0, 0.05) is 34.2 Å². The van der Waals surface area contributed by atoms with Gasteiger partial charge < -0.3 is 9.64 Å². The Labute approximate surface area is 199 Å². The van der Waals surface area contributed by atoms with Gasteiger partial charge in [0.25, 0.3) is 0 Å². The van der Waals surface area contributed by atoms with Crippen molar-refractivity contribution in [3.63, 3.8) is 0 Å². The number of hydrazine groups is 1. The molecule has 0 unspecified atom stereocenters. The van der Waals surface area contributed by atoms with Crippen LogP contribution in [0.1, 0.15) is 12.0 Å². The number of anilines is 2. The van der Waals surface area contributed by atoms with Gasteiger partial charge in [-0.3, -0.25) is 20.4 Å². The molecule has 3 aromatic carbocycles. The summed E-state index contributed by atoms with van der Waals surface area (Å²) in [4.78, 5) is 26.6. The molecule has 0 aliphatic carbocycles. The van der Waals surface area contributed by atoms with Crippen LogP contribution in [0.25, 0.3) is 0 Å². The molecule has 4 rings (SSSR count). The van der Waals surface area contributed by atoms with E-state index in [1.807, 2.05) is 66.7 Å². The Balaban J connectivity index is 1.30. The summed E-state index contributed by atoms with van der Waals surface area (Å²) in [6, 6.07) is 22.2. The zero-order valence-corrected chi connectivity index (χ0v) is 19.4. The van der Waals surface area contributed by atoms with E-state index in [2.05, 4.69) is 26.8 Å². The number of halogens is 2. The lowest BCUT2D eigenvalue weighted by Crippen LogP contribution is -2.36. The molecule has 0 radical (unpaired) electrons. The van der Waals surface area contributed by atoms with Gasteiger partial charge >= 0.3 is 0 Å². The number of carbonyl (C=O) groups is 2. The van der Waals surface area contributed by atoms with Crippen molar-refractivity contribution in [1.82, 2.24) is 5.43 Å². The molecule has 8 heteroatoms. The van der Waals surface area contributed by atoms with E-state index in [-0.39, 0.29) is 18.2 Å². The number of hydrogen-bond acceptors (Lipinski definition) is 4. The lowest BCUT2D eigenvalue weighted by atomic mass is 10.1. The van der Waals surface area contributed by atoms with Crippen molar-refractivity contribution in [2.75, 3.05) is 16.9 Å². The number of carbonyl (C=O) groups excluding carboxylic acids is 2. The molecule has 6 nitrogen and oxygen atoms in total. The van der Waals surface area contributed by atoms with Crippen LogP contribution >= 0.6 is 27.5 Å². The van der Waals surface area contributed by atoms with Gasteiger partial charge in [0.1, 0.15) is 12.4 Å². The van der Waals surface area contributed by atoms with Crippen LogP contribution in [0, 0.1) is 5.92 Å². The maximum Gasteiger partial charge on any atom is 0.243 e. The van der Waals surface area contributed by atoms with E-state index < -0.39 is 5.92 Å². The third-order valence-electron chi connectivity index (χ3n) is 5.12. The van der Waals surface area contributed by atoms with E-state index in [0.717, 1.165) is 15.7 Å². The van der Waals surface area contributed by atoms with E-state index in [1.165, 1.54) is 0 Å². The quantitative estimate of drug-likeness (QED) is 0.426. The van der Waals surface area contributed by atoms with Gasteiger partial charge in [-0.05, 0) is 54.1 Å². The van der Waals surface area contributed by atoms with Gasteiger partial charge in [-0.2, -0.15) is 0 Å². The molecule has 1 aliphatic heterocycles. The maximum atomic E-state index is 12.6. The second-order valence-electron chi connectivity index (χ2n) is 7.44. The lowest BCUT2D eigenvalue weighted by Gasteiger charge is -2.17. The molecule has 1 saturated heterocycles. The first-order valence-corrected chi connectivity index (χ1v) is 11.2. The predicted octanol–water partition coefficient (Wildman–Crippen LogP) is 5.18. The second-order valence-corrected chi connectivity index (χ2v) is 8.79. The van der Waals surface area contributed by atoms with Crippen molar-refractivity contribution in [1.29, 1.82) is 0 Å². The van der Waals surface area contributed by atoms with Crippen LogP contribution < -0.4 is 20.5 Å². The van der Waals surface area contributed by atoms with E-state index >= 15 is 0 Å². The smallest absolute Gasteiger partial charge is 0.243 e. The van der Waals surface area contributed by atoms with Crippen molar-refractivity contribution in [2.45, 2.75) is 13.0 Å². The van der Waals surface area contributed by atoms with E-state index in [0.29, 0.717) is 29.6 Å². The molecule has 1 atom stereocenters. The summed E-state index contributed by atoms with van der Waals surface area (Å²) < 4.78 is 6.75. The number of nitrogens with one attached hydrogen (secondary N) is 2. The SMILES string of the molecule is O=C(NNc1cccc(OCc2ccc(Cl)cc2)c1)[C@H]1CC(=O)N(c2ccc(Br)cc2)C1. The van der Waals surface area contributed by atoms with E-state index in [1.54, 1.807) is 11.0 Å². The molecule has 0 saturated carbocycles. The summed E-state index contributed by atoms with van der Waals surface area (Å²) in [5.41, 5.74) is 8.08. The van der Waals surface area contributed by atoms with Crippen molar-refractivity contribution in [3.05, 3.63) is 87.9 Å². The van der Waals surface area contributed by atoms with E-state index in [9.17, 15) is 9.59 Å². The van der Waals surface area contributed by atoms with Crippen LogP contribution in [0.15, 0.2) is 77.3 Å². The fourth-order valence-electron chi connectivity index (χ4n) is 3.40. The molecule has 1 fully saturated rings. The molecule has 2 amide bonds. The second kappa shape index (κ2) is 10.1. The largest absolute Gasteiger partial charge is 0.489 e. The fraction of sp³-hybridized carbons (Fsp3) is 0.167. The first-order chi connectivity index (χ1) is 15.5. The zero-order chi connectivity index (χ0) is 22.5. The third-order valence-corrected chi connectivity index (χ3v) is 5.90. The Morgan fingerprint density at radius 2 is 1.84 bits per heavy atom. The molecule has 164 valence electrons. The van der Waals surface area contributed by atoms with Crippen molar-refractivity contribution in [2.24, 2.45) is 5.92 Å². The van der Waals surface area contributed by atoms with Crippen LogP contribution in [-0.4, -0.2) is 18.4 Å². The average molecular weight is 515 g/mol. The van der Waals surface area contributed by atoms with Gasteiger partial charge in [0.05, 0.1) is 11.6 Å². The molecule has 0 spiro atoms. The Morgan fingerprint density at radius 3 is 2.59 bits per heavy atom. The van der Waals surface area contributed by atoms with Gasteiger partial charge in [-0.1, -0.05) is 45.7 Å². The first-order valence-electron chi connectivity index (χ1n) is 10.1. The fourth-order valence-corrected chi connectivity index (χ4v) is 3.79. The maximum absolute atomic E-state index is 12.6. The van der Waals surface area contributed by atoms with Gasteiger partial charge in [-0.15, -0.1) is 0 Å². The molecular formula is C24H21BrClN3O3. The van der Waals surface area contributed by atoms with Gasteiger partial charge in [0.2, 0.25) is 11.8 Å². The van der Waals surface area contributed by atoms with Crippen LogP contribution in [0.5, 0.6) is 5.75 Å². The standard InChI is InChI=1S/C24H21BrClN3O3/c25-18-6-10-21(11-7-18)29-14-17(12-23(29)30)24(31)28-27-20-2-1-3-22(13-20)32-15-16-4-8-19(26)9-5-16/h1-11,13,17,27H,12,14-15H2,(H,28,31)/t17-/m0/s1. The van der Waals surface area contributed by atoms with Crippen LogP contribution in [0.2, 0.25) is 5.02 Å². The summed E-state index contributed by atoms with van der Waals surface area (Å²) in [6.07, 6.45) is 0.174. The molecule has 0 aromatic heterocycles.